The predicted molar refractivity (Wildman–Crippen MR) is 129 cm³/mol. The van der Waals surface area contributed by atoms with Crippen LogP contribution in [0.4, 0.5) is 5.82 Å². The molecule has 0 radical (unpaired) electrons. The van der Waals surface area contributed by atoms with Gasteiger partial charge >= 0.3 is 0 Å². The molecule has 0 aliphatic carbocycles. The number of carbonyl (C=O) groups excluding carboxylic acids is 1. The summed E-state index contributed by atoms with van der Waals surface area (Å²) in [4.78, 5) is 33.2. The number of aromatic nitrogens is 1. The van der Waals surface area contributed by atoms with Gasteiger partial charge in [0.15, 0.2) is 16.9 Å². The molecule has 2 aromatic heterocycles. The van der Waals surface area contributed by atoms with E-state index in [2.05, 4.69) is 11.6 Å². The second-order valence-corrected chi connectivity index (χ2v) is 7.95. The molecule has 3 heterocycles. The first-order valence-electron chi connectivity index (χ1n) is 10.8. The quantitative estimate of drug-likeness (QED) is 0.389. The fourth-order valence-corrected chi connectivity index (χ4v) is 4.26. The molecule has 7 nitrogen and oxygen atoms in total. The summed E-state index contributed by atoms with van der Waals surface area (Å²) >= 11 is 0. The van der Waals surface area contributed by atoms with E-state index in [1.165, 1.54) is 12.0 Å². The lowest BCUT2D eigenvalue weighted by Gasteiger charge is -2.24. The highest BCUT2D eigenvalue weighted by Gasteiger charge is 2.44. The smallest absolute Gasteiger partial charge is 0.296 e. The second kappa shape index (κ2) is 8.51. The van der Waals surface area contributed by atoms with Crippen LogP contribution in [0.3, 0.4) is 0 Å². The number of aryl methyl sites for hydroxylation is 1. The maximum atomic E-state index is 13.7. The van der Waals surface area contributed by atoms with Gasteiger partial charge in [0.1, 0.15) is 18.0 Å². The fraction of sp³-hybridized carbons (Fsp3) is 0.148. The van der Waals surface area contributed by atoms with Crippen LogP contribution in [0.2, 0.25) is 0 Å². The van der Waals surface area contributed by atoms with Crippen molar-refractivity contribution in [1.82, 2.24) is 4.98 Å². The van der Waals surface area contributed by atoms with Crippen LogP contribution in [0.1, 0.15) is 33.3 Å². The molecule has 0 bridgehead atoms. The number of fused-ring (bicyclic) bond motifs is 2. The zero-order valence-corrected chi connectivity index (χ0v) is 18.8. The summed E-state index contributed by atoms with van der Waals surface area (Å²) in [5.41, 5.74) is 1.99. The Labute approximate surface area is 195 Å². The minimum absolute atomic E-state index is 0.0166. The van der Waals surface area contributed by atoms with Gasteiger partial charge in [-0.25, -0.2) is 4.98 Å². The number of pyridine rings is 1. The molecule has 170 valence electrons. The molecular weight excluding hydrogens is 432 g/mol. The lowest BCUT2D eigenvalue weighted by molar-refractivity contribution is 0.0970. The standard InChI is InChI=1S/C27H22N2O5/c1-4-13-33-20-11-9-17(15-21(20)32-3)24-23-25(30)18-14-16(2)8-10-19(18)34-26(23)27(31)29(24)22-7-5-6-12-28-22/h4-12,14-15,24H,1,13H2,2-3H3. The number of rotatable bonds is 6. The van der Waals surface area contributed by atoms with Crippen molar-refractivity contribution in [2.24, 2.45) is 0 Å². The Hall–Kier alpha value is -4.39. The third-order valence-electron chi connectivity index (χ3n) is 5.78. The summed E-state index contributed by atoms with van der Waals surface area (Å²) in [6, 6.07) is 15.2. The molecule has 0 N–H and O–H groups in total. The Morgan fingerprint density at radius 3 is 2.71 bits per heavy atom. The number of methoxy groups -OCH3 is 1. The lowest BCUT2D eigenvalue weighted by Crippen LogP contribution is -2.30. The van der Waals surface area contributed by atoms with E-state index >= 15 is 0 Å². The van der Waals surface area contributed by atoms with Crippen LogP contribution in [-0.4, -0.2) is 24.6 Å². The number of benzene rings is 2. The van der Waals surface area contributed by atoms with Gasteiger partial charge in [-0.05, 0) is 48.9 Å². The molecule has 7 heteroatoms. The first-order valence-corrected chi connectivity index (χ1v) is 10.8. The molecule has 1 unspecified atom stereocenters. The Morgan fingerprint density at radius 2 is 1.97 bits per heavy atom. The van der Waals surface area contributed by atoms with E-state index in [1.807, 2.05) is 19.1 Å². The van der Waals surface area contributed by atoms with Crippen molar-refractivity contribution in [1.29, 1.82) is 0 Å². The molecule has 34 heavy (non-hydrogen) atoms. The monoisotopic (exact) mass is 454 g/mol. The van der Waals surface area contributed by atoms with Crippen LogP contribution in [-0.2, 0) is 0 Å². The maximum Gasteiger partial charge on any atom is 0.296 e. The number of hydrogen-bond donors (Lipinski definition) is 0. The molecule has 1 aliphatic heterocycles. The van der Waals surface area contributed by atoms with Crippen LogP contribution >= 0.6 is 0 Å². The highest BCUT2D eigenvalue weighted by Crippen LogP contribution is 2.42. The van der Waals surface area contributed by atoms with Crippen molar-refractivity contribution in [2.45, 2.75) is 13.0 Å². The summed E-state index contributed by atoms with van der Waals surface area (Å²) in [5, 5.41) is 0.428. The van der Waals surface area contributed by atoms with E-state index in [4.69, 9.17) is 13.9 Å². The van der Waals surface area contributed by atoms with Gasteiger partial charge < -0.3 is 13.9 Å². The maximum absolute atomic E-state index is 13.7. The molecule has 1 amide bonds. The summed E-state index contributed by atoms with van der Waals surface area (Å²) in [5.74, 6) is 1.00. The van der Waals surface area contributed by atoms with Crippen LogP contribution in [0.25, 0.3) is 11.0 Å². The number of ether oxygens (including phenoxy) is 2. The number of anilines is 1. The zero-order valence-electron chi connectivity index (χ0n) is 18.8. The van der Waals surface area contributed by atoms with Crippen LogP contribution in [0.15, 0.2) is 82.7 Å². The molecule has 0 spiro atoms. The molecule has 5 rings (SSSR count). The van der Waals surface area contributed by atoms with E-state index in [0.717, 1.165) is 5.56 Å². The first kappa shape index (κ1) is 21.5. The normalized spacial score (nSPS) is 14.8. The van der Waals surface area contributed by atoms with Crippen molar-refractivity contribution in [3.8, 4) is 11.5 Å². The number of hydrogen-bond acceptors (Lipinski definition) is 6. The Bertz CT molecular complexity index is 1480. The van der Waals surface area contributed by atoms with E-state index in [1.54, 1.807) is 54.7 Å². The van der Waals surface area contributed by atoms with Gasteiger partial charge in [0.2, 0.25) is 5.76 Å². The molecule has 0 saturated heterocycles. The zero-order chi connectivity index (χ0) is 23.8. The first-order chi connectivity index (χ1) is 16.5. The van der Waals surface area contributed by atoms with Crippen LogP contribution in [0.5, 0.6) is 11.5 Å². The third kappa shape index (κ3) is 3.42. The minimum atomic E-state index is -0.749. The van der Waals surface area contributed by atoms with Crippen molar-refractivity contribution in [3.05, 3.63) is 106 Å². The summed E-state index contributed by atoms with van der Waals surface area (Å²) in [6.45, 7) is 5.89. The van der Waals surface area contributed by atoms with Gasteiger partial charge in [0.25, 0.3) is 5.91 Å². The number of amides is 1. The van der Waals surface area contributed by atoms with E-state index in [9.17, 15) is 9.59 Å². The Kier molecular flexibility index (Phi) is 5.37. The molecule has 4 aromatic rings. The molecule has 0 saturated carbocycles. The molecule has 1 atom stereocenters. The topological polar surface area (TPSA) is 81.9 Å². The average Bonchev–Trinajstić information content (AvgIpc) is 3.16. The molecule has 0 fully saturated rings. The number of nitrogens with zero attached hydrogens (tertiary/aromatic N) is 2. The highest BCUT2D eigenvalue weighted by atomic mass is 16.5. The lowest BCUT2D eigenvalue weighted by atomic mass is 9.97. The van der Waals surface area contributed by atoms with Gasteiger partial charge in [-0.1, -0.05) is 36.4 Å². The van der Waals surface area contributed by atoms with Crippen molar-refractivity contribution in [2.75, 3.05) is 18.6 Å². The van der Waals surface area contributed by atoms with Crippen molar-refractivity contribution < 1.29 is 18.7 Å². The average molecular weight is 454 g/mol. The highest BCUT2D eigenvalue weighted by molar-refractivity contribution is 6.10. The van der Waals surface area contributed by atoms with E-state index in [0.29, 0.717) is 40.5 Å². The van der Waals surface area contributed by atoms with Gasteiger partial charge in [0.05, 0.1) is 24.1 Å². The summed E-state index contributed by atoms with van der Waals surface area (Å²) < 4.78 is 17.2. The van der Waals surface area contributed by atoms with Crippen molar-refractivity contribution in [3.63, 3.8) is 0 Å². The minimum Gasteiger partial charge on any atom is -0.493 e. The fourth-order valence-electron chi connectivity index (χ4n) is 4.26. The van der Waals surface area contributed by atoms with Crippen LogP contribution in [0, 0.1) is 6.92 Å². The van der Waals surface area contributed by atoms with Crippen molar-refractivity contribution >= 4 is 22.7 Å². The third-order valence-corrected chi connectivity index (χ3v) is 5.78. The van der Waals surface area contributed by atoms with E-state index < -0.39 is 11.9 Å². The predicted octanol–water partition coefficient (Wildman–Crippen LogP) is 4.82. The second-order valence-electron chi connectivity index (χ2n) is 7.95. The van der Waals surface area contributed by atoms with Gasteiger partial charge in [-0.3, -0.25) is 14.5 Å². The summed E-state index contributed by atoms with van der Waals surface area (Å²) in [7, 11) is 1.54. The van der Waals surface area contributed by atoms with Crippen LogP contribution < -0.4 is 19.8 Å². The molecule has 1 aliphatic rings. The largest absolute Gasteiger partial charge is 0.493 e. The summed E-state index contributed by atoms with van der Waals surface area (Å²) in [6.07, 6.45) is 3.24. The van der Waals surface area contributed by atoms with Gasteiger partial charge in [0, 0.05) is 6.20 Å². The molecule has 2 aromatic carbocycles. The molecular formula is C27H22N2O5. The Balaban J connectivity index is 1.76. The van der Waals surface area contributed by atoms with Gasteiger partial charge in [-0.2, -0.15) is 0 Å². The van der Waals surface area contributed by atoms with E-state index in [-0.39, 0.29) is 16.8 Å². The SMILES string of the molecule is C=CCOc1ccc(C2c3c(oc4ccc(C)cc4c3=O)C(=O)N2c2ccccn2)cc1OC. The van der Waals surface area contributed by atoms with Gasteiger partial charge in [-0.15, -0.1) is 0 Å². The number of carbonyl (C=O) groups is 1. The Morgan fingerprint density at radius 1 is 1.12 bits per heavy atom.